The van der Waals surface area contributed by atoms with Gasteiger partial charge in [0.15, 0.2) is 5.12 Å². The molecule has 0 saturated heterocycles. The lowest BCUT2D eigenvalue weighted by Crippen LogP contribution is -2.04. The molecule has 33 heavy (non-hydrogen) atoms. The van der Waals surface area contributed by atoms with Crippen molar-refractivity contribution in [1.82, 2.24) is 0 Å². The average molecular weight is 483 g/mol. The number of allylic oxidation sites excluding steroid dienone is 1. The van der Waals surface area contributed by atoms with Gasteiger partial charge in [0, 0.05) is 12.2 Å². The molecule has 0 aromatic rings. The number of hydrogen-bond donors (Lipinski definition) is 1. The molecule has 0 aromatic carbocycles. The molecule has 0 aliphatic carbocycles. The Labute approximate surface area is 212 Å². The number of rotatable bonds is 26. The highest BCUT2D eigenvalue weighted by Crippen LogP contribution is 2.16. The van der Waals surface area contributed by atoms with E-state index in [4.69, 9.17) is 0 Å². The van der Waals surface area contributed by atoms with Gasteiger partial charge in [0.05, 0.1) is 6.10 Å². The van der Waals surface area contributed by atoms with Crippen molar-refractivity contribution in [3.05, 3.63) is 12.2 Å². The Morgan fingerprint density at radius 2 is 1.18 bits per heavy atom. The minimum absolute atomic E-state index is 0.154. The van der Waals surface area contributed by atoms with Crippen LogP contribution in [0, 0.1) is 0 Å². The predicted octanol–water partition coefficient (Wildman–Crippen LogP) is 10.2. The van der Waals surface area contributed by atoms with Gasteiger partial charge in [0.2, 0.25) is 0 Å². The van der Waals surface area contributed by atoms with Crippen LogP contribution in [-0.2, 0) is 4.79 Å². The van der Waals surface area contributed by atoms with E-state index in [2.05, 4.69) is 26.0 Å². The predicted molar refractivity (Wildman–Crippen MR) is 150 cm³/mol. The van der Waals surface area contributed by atoms with Crippen LogP contribution in [0.25, 0.3) is 0 Å². The molecule has 0 saturated carbocycles. The van der Waals surface area contributed by atoms with Gasteiger partial charge in [-0.1, -0.05) is 140 Å². The van der Waals surface area contributed by atoms with E-state index >= 15 is 0 Å². The molecule has 0 rings (SSSR count). The maximum Gasteiger partial charge on any atom is 0.188 e. The zero-order valence-electron chi connectivity index (χ0n) is 22.5. The third-order valence-electron chi connectivity index (χ3n) is 6.48. The van der Waals surface area contributed by atoms with E-state index in [1.807, 2.05) is 0 Å². The molecular formula is C30H58O2S. The first kappa shape index (κ1) is 32.7. The summed E-state index contributed by atoms with van der Waals surface area (Å²) in [5.74, 6) is 1.02. The van der Waals surface area contributed by atoms with Crippen LogP contribution in [0.5, 0.6) is 0 Å². The number of thioether (sulfide) groups is 1. The number of hydrogen-bond acceptors (Lipinski definition) is 3. The maximum absolute atomic E-state index is 12.0. The third kappa shape index (κ3) is 27.8. The van der Waals surface area contributed by atoms with E-state index in [-0.39, 0.29) is 6.10 Å². The molecular weight excluding hydrogens is 424 g/mol. The molecule has 196 valence electrons. The summed E-state index contributed by atoms with van der Waals surface area (Å²) in [5.41, 5.74) is 0. The quantitative estimate of drug-likeness (QED) is 0.0983. The summed E-state index contributed by atoms with van der Waals surface area (Å²) in [7, 11) is 0. The normalized spacial score (nSPS) is 12.6. The molecule has 0 aromatic heterocycles. The van der Waals surface area contributed by atoms with Crippen LogP contribution in [0.3, 0.4) is 0 Å². The zero-order chi connectivity index (χ0) is 24.2. The fraction of sp³-hybridized carbons (Fsp3) is 0.900. The van der Waals surface area contributed by atoms with Crippen molar-refractivity contribution in [2.45, 2.75) is 168 Å². The summed E-state index contributed by atoms with van der Waals surface area (Å²) in [4.78, 5) is 12.0. The smallest absolute Gasteiger partial charge is 0.188 e. The van der Waals surface area contributed by atoms with Gasteiger partial charge < -0.3 is 5.11 Å². The lowest BCUT2D eigenvalue weighted by atomic mass is 10.1. The summed E-state index contributed by atoms with van der Waals surface area (Å²) < 4.78 is 0. The summed E-state index contributed by atoms with van der Waals surface area (Å²) in [6.07, 6.45) is 32.4. The SMILES string of the molecule is CCCCCCCCCCCCSC(=O)CCCCCCC/C=C\C[C@H](O)CCCCCC. The first-order valence-corrected chi connectivity index (χ1v) is 15.7. The molecule has 0 amide bonds. The van der Waals surface area contributed by atoms with Crippen LogP contribution < -0.4 is 0 Å². The third-order valence-corrected chi connectivity index (χ3v) is 7.50. The largest absolute Gasteiger partial charge is 0.393 e. The van der Waals surface area contributed by atoms with Gasteiger partial charge in [-0.25, -0.2) is 0 Å². The first-order chi connectivity index (χ1) is 16.2. The van der Waals surface area contributed by atoms with Gasteiger partial charge in [-0.05, 0) is 38.5 Å². The number of unbranched alkanes of at least 4 members (excludes halogenated alkanes) is 17. The van der Waals surface area contributed by atoms with Crippen molar-refractivity contribution in [3.63, 3.8) is 0 Å². The molecule has 1 N–H and O–H groups in total. The van der Waals surface area contributed by atoms with Gasteiger partial charge in [-0.2, -0.15) is 0 Å². The zero-order valence-corrected chi connectivity index (χ0v) is 23.3. The van der Waals surface area contributed by atoms with Crippen molar-refractivity contribution in [2.24, 2.45) is 0 Å². The van der Waals surface area contributed by atoms with Gasteiger partial charge in [0.25, 0.3) is 0 Å². The van der Waals surface area contributed by atoms with Crippen molar-refractivity contribution in [2.75, 3.05) is 5.75 Å². The topological polar surface area (TPSA) is 37.3 Å². The van der Waals surface area contributed by atoms with E-state index in [9.17, 15) is 9.90 Å². The van der Waals surface area contributed by atoms with Gasteiger partial charge >= 0.3 is 0 Å². The maximum atomic E-state index is 12.0. The molecule has 0 heterocycles. The van der Waals surface area contributed by atoms with E-state index in [1.165, 1.54) is 109 Å². The second-order valence-corrected chi connectivity index (χ2v) is 11.1. The fourth-order valence-corrected chi connectivity index (χ4v) is 5.07. The van der Waals surface area contributed by atoms with Crippen molar-refractivity contribution < 1.29 is 9.90 Å². The Balaban J connectivity index is 3.28. The molecule has 1 atom stereocenters. The second-order valence-electron chi connectivity index (χ2n) is 9.92. The molecule has 0 fully saturated rings. The van der Waals surface area contributed by atoms with E-state index in [0.29, 0.717) is 5.12 Å². The van der Waals surface area contributed by atoms with E-state index in [0.717, 1.165) is 44.3 Å². The number of carbonyl (C=O) groups is 1. The van der Waals surface area contributed by atoms with Crippen LogP contribution in [0.4, 0.5) is 0 Å². The Hall–Kier alpha value is -0.280. The highest BCUT2D eigenvalue weighted by Gasteiger charge is 2.03. The minimum atomic E-state index is -0.154. The van der Waals surface area contributed by atoms with E-state index < -0.39 is 0 Å². The van der Waals surface area contributed by atoms with Crippen molar-refractivity contribution >= 4 is 16.9 Å². The van der Waals surface area contributed by atoms with Crippen molar-refractivity contribution in [3.8, 4) is 0 Å². The van der Waals surface area contributed by atoms with Crippen LogP contribution in [0.1, 0.15) is 162 Å². The molecule has 0 aliphatic rings. The van der Waals surface area contributed by atoms with Crippen LogP contribution >= 0.6 is 11.8 Å². The van der Waals surface area contributed by atoms with E-state index in [1.54, 1.807) is 11.8 Å². The Bertz CT molecular complexity index is 422. The average Bonchev–Trinajstić information content (AvgIpc) is 2.81. The van der Waals surface area contributed by atoms with Gasteiger partial charge in [-0.3, -0.25) is 4.79 Å². The van der Waals surface area contributed by atoms with Crippen LogP contribution in [0.2, 0.25) is 0 Å². The molecule has 0 aliphatic heterocycles. The van der Waals surface area contributed by atoms with Crippen molar-refractivity contribution in [1.29, 1.82) is 0 Å². The Morgan fingerprint density at radius 3 is 1.82 bits per heavy atom. The number of carbonyl (C=O) groups excluding carboxylic acids is 1. The van der Waals surface area contributed by atoms with Crippen LogP contribution in [0.15, 0.2) is 12.2 Å². The highest BCUT2D eigenvalue weighted by molar-refractivity contribution is 8.13. The molecule has 0 radical (unpaired) electrons. The summed E-state index contributed by atoms with van der Waals surface area (Å²) in [6.45, 7) is 4.49. The molecule has 0 unspecified atom stereocenters. The summed E-state index contributed by atoms with van der Waals surface area (Å²) >= 11 is 1.57. The Kier molecular flexibility index (Phi) is 27.7. The summed E-state index contributed by atoms with van der Waals surface area (Å²) in [5, 5.41) is 10.4. The second kappa shape index (κ2) is 28.0. The lowest BCUT2D eigenvalue weighted by molar-refractivity contribution is -0.111. The fourth-order valence-electron chi connectivity index (χ4n) is 4.21. The first-order valence-electron chi connectivity index (χ1n) is 14.7. The monoisotopic (exact) mass is 482 g/mol. The van der Waals surface area contributed by atoms with Gasteiger partial charge in [-0.15, -0.1) is 0 Å². The number of aliphatic hydroxyl groups excluding tert-OH is 1. The van der Waals surface area contributed by atoms with Gasteiger partial charge in [0.1, 0.15) is 0 Å². The Morgan fingerprint density at radius 1 is 0.667 bits per heavy atom. The standard InChI is InChI=1S/C30H58O2S/c1-3-5-7-9-10-11-14-17-20-24-28-33-30(32)27-23-19-16-13-12-15-18-22-26-29(31)25-21-8-6-4-2/h18,22,29,31H,3-17,19-21,23-28H2,1-2H3/b22-18-/t29-/m1/s1. The lowest BCUT2D eigenvalue weighted by Gasteiger charge is -2.07. The summed E-state index contributed by atoms with van der Waals surface area (Å²) in [6, 6.07) is 0. The molecule has 0 bridgehead atoms. The number of aliphatic hydroxyl groups is 1. The minimum Gasteiger partial charge on any atom is -0.393 e. The van der Waals surface area contributed by atoms with Crippen LogP contribution in [-0.4, -0.2) is 22.1 Å². The molecule has 3 heteroatoms. The highest BCUT2D eigenvalue weighted by atomic mass is 32.2. The molecule has 0 spiro atoms. The molecule has 2 nitrogen and oxygen atoms in total.